The Kier molecular flexibility index (Phi) is 12.4. The van der Waals surface area contributed by atoms with Gasteiger partial charge in [-0.2, -0.15) is 5.10 Å². The van der Waals surface area contributed by atoms with Crippen LogP contribution in [0.25, 0.3) is 0 Å². The molecule has 2 fully saturated rings. The van der Waals surface area contributed by atoms with Crippen molar-refractivity contribution < 1.29 is 24.2 Å². The summed E-state index contributed by atoms with van der Waals surface area (Å²) in [6.45, 7) is 9.63. The zero-order chi connectivity index (χ0) is 35.2. The molecule has 0 radical (unpaired) electrons. The number of amides is 1. The lowest BCUT2D eigenvalue weighted by Crippen LogP contribution is -2.29. The van der Waals surface area contributed by atoms with E-state index in [4.69, 9.17) is 15.6 Å². The van der Waals surface area contributed by atoms with E-state index in [1.54, 1.807) is 33.8 Å². The van der Waals surface area contributed by atoms with E-state index in [-0.39, 0.29) is 11.8 Å². The quantitative estimate of drug-likeness (QED) is 0.218. The Morgan fingerprint density at radius 2 is 1.44 bits per heavy atom. The molecule has 48 heavy (non-hydrogen) atoms. The molecule has 2 atom stereocenters. The van der Waals surface area contributed by atoms with Crippen LogP contribution < -0.4 is 11.1 Å². The highest BCUT2D eigenvalue weighted by atomic mass is 79.9. The summed E-state index contributed by atoms with van der Waals surface area (Å²) in [4.78, 5) is 40.1. The molecule has 4 N–H and O–H groups in total. The van der Waals surface area contributed by atoms with E-state index in [1.165, 1.54) is 18.6 Å². The highest BCUT2D eigenvalue weighted by Gasteiger charge is 2.31. The van der Waals surface area contributed by atoms with Crippen LogP contribution in [0.5, 0.6) is 0 Å². The number of carbonyl (C=O) groups is 3. The van der Waals surface area contributed by atoms with Gasteiger partial charge in [0.15, 0.2) is 0 Å². The van der Waals surface area contributed by atoms with E-state index in [0.717, 1.165) is 61.4 Å². The number of hydrogen-bond donors (Lipinski definition) is 3. The van der Waals surface area contributed by atoms with Gasteiger partial charge >= 0.3 is 12.1 Å². The Balaban J connectivity index is 0.000000201. The van der Waals surface area contributed by atoms with Crippen molar-refractivity contribution in [3.63, 3.8) is 0 Å². The van der Waals surface area contributed by atoms with Gasteiger partial charge in [0.25, 0.3) is 0 Å². The minimum Gasteiger partial charge on any atom is -0.481 e. The van der Waals surface area contributed by atoms with Crippen molar-refractivity contribution in [3.8, 4) is 0 Å². The average Bonchev–Trinajstić information content (AvgIpc) is 3.97. The number of rotatable bonds is 7. The molecule has 2 unspecified atom stereocenters. The summed E-state index contributed by atoms with van der Waals surface area (Å²) < 4.78 is 8.50. The number of carboxylic acids is 1. The SMILES string of the molecule is CC(C(=O)Nc1cc(C2CC2)nn1C(=O)OC(C)(C)C)c1ccc(Br)cc1.CC(C(=O)O)c1ccc(Br)cc1.NC1=CC(C2CC2)=NC1. The third-order valence-corrected chi connectivity index (χ3v) is 8.88. The molecule has 12 heteroatoms. The number of nitrogens with two attached hydrogens (primary N) is 1. The highest BCUT2D eigenvalue weighted by Crippen LogP contribution is 2.40. The molecule has 2 aromatic carbocycles. The minimum atomic E-state index is -0.794. The van der Waals surface area contributed by atoms with Gasteiger partial charge in [-0.05, 0) is 102 Å². The fourth-order valence-electron chi connectivity index (χ4n) is 4.63. The number of allylic oxidation sites excluding steroid dienone is 1. The van der Waals surface area contributed by atoms with Crippen LogP contribution in [0.2, 0.25) is 0 Å². The maximum atomic E-state index is 12.7. The largest absolute Gasteiger partial charge is 0.481 e. The molecule has 1 amide bonds. The first kappa shape index (κ1) is 37.1. The van der Waals surface area contributed by atoms with E-state index in [2.05, 4.69) is 47.3 Å². The number of aromatic nitrogens is 2. The number of nitrogens with one attached hydrogen (secondary N) is 1. The summed E-state index contributed by atoms with van der Waals surface area (Å²) in [6, 6.07) is 16.7. The lowest BCUT2D eigenvalue weighted by atomic mass is 10.0. The molecular weight excluding hydrogens is 742 g/mol. The monoisotopic (exact) mass is 783 g/mol. The molecule has 1 aliphatic heterocycles. The fraction of sp³-hybridized carbons (Fsp3) is 0.417. The van der Waals surface area contributed by atoms with Crippen LogP contribution in [0.4, 0.5) is 10.6 Å². The Labute approximate surface area is 298 Å². The summed E-state index contributed by atoms with van der Waals surface area (Å²) in [5, 5.41) is 15.9. The smallest absolute Gasteiger partial charge is 0.437 e. The zero-order valence-electron chi connectivity index (χ0n) is 27.9. The summed E-state index contributed by atoms with van der Waals surface area (Å²) in [5.41, 5.74) is 9.59. The molecule has 10 nitrogen and oxygen atoms in total. The van der Waals surface area contributed by atoms with Crippen molar-refractivity contribution in [3.05, 3.63) is 92.1 Å². The number of halogens is 2. The number of nitrogens with zero attached hydrogens (tertiary/aromatic N) is 3. The van der Waals surface area contributed by atoms with Crippen LogP contribution in [0.3, 0.4) is 0 Å². The number of anilines is 1. The molecule has 3 aromatic rings. The highest BCUT2D eigenvalue weighted by molar-refractivity contribution is 9.10. The molecule has 1 aromatic heterocycles. The maximum Gasteiger partial charge on any atom is 0.437 e. The standard InChI is InChI=1S/C20H24BrN3O3.C9H9BrO2.C7H10N2/c1-12(13-7-9-15(21)10-8-13)18(25)22-17-11-16(14-5-6-14)23-24(17)19(26)27-20(2,3)4;1-6(9(11)12)7-2-4-8(10)5-3-7;8-6-3-7(9-4-6)5-1-2-5/h7-12,14H,5-6H2,1-4H3,(H,22,25);2-6H,1H3,(H,11,12);3,5H,1-2,4,8H2. The van der Waals surface area contributed by atoms with Gasteiger partial charge < -0.3 is 20.9 Å². The van der Waals surface area contributed by atoms with Gasteiger partial charge in [0.05, 0.1) is 24.1 Å². The van der Waals surface area contributed by atoms with Crippen LogP contribution in [-0.4, -0.2) is 50.7 Å². The first-order valence-electron chi connectivity index (χ1n) is 16.0. The zero-order valence-corrected chi connectivity index (χ0v) is 31.0. The summed E-state index contributed by atoms with van der Waals surface area (Å²) in [7, 11) is 0. The fourth-order valence-corrected chi connectivity index (χ4v) is 5.16. The summed E-state index contributed by atoms with van der Waals surface area (Å²) in [5.74, 6) is -0.330. The molecule has 256 valence electrons. The van der Waals surface area contributed by atoms with Gasteiger partial charge in [0.1, 0.15) is 11.4 Å². The second-order valence-corrected chi connectivity index (χ2v) is 15.1. The maximum absolute atomic E-state index is 12.7. The van der Waals surface area contributed by atoms with E-state index in [1.807, 2.05) is 61.5 Å². The van der Waals surface area contributed by atoms with Gasteiger partial charge in [0, 0.05) is 38.3 Å². The molecule has 0 saturated heterocycles. The van der Waals surface area contributed by atoms with Crippen molar-refractivity contribution in [1.82, 2.24) is 9.78 Å². The van der Waals surface area contributed by atoms with Gasteiger partial charge in [0.2, 0.25) is 5.91 Å². The van der Waals surface area contributed by atoms with E-state index in [9.17, 15) is 14.4 Å². The average molecular weight is 786 g/mol. The third kappa shape index (κ3) is 11.2. The van der Waals surface area contributed by atoms with Crippen LogP contribution >= 0.6 is 31.9 Å². The van der Waals surface area contributed by atoms with Crippen molar-refractivity contribution in [1.29, 1.82) is 0 Å². The Morgan fingerprint density at radius 1 is 0.917 bits per heavy atom. The molecule has 2 aliphatic carbocycles. The lowest BCUT2D eigenvalue weighted by Gasteiger charge is -2.20. The van der Waals surface area contributed by atoms with Crippen LogP contribution in [0, 0.1) is 5.92 Å². The molecule has 2 heterocycles. The molecule has 0 bridgehead atoms. The normalized spacial score (nSPS) is 16.6. The van der Waals surface area contributed by atoms with Crippen LogP contribution in [0.15, 0.2) is 80.3 Å². The van der Waals surface area contributed by atoms with Gasteiger partial charge in [-0.3, -0.25) is 14.6 Å². The van der Waals surface area contributed by atoms with Crippen molar-refractivity contribution in [2.45, 2.75) is 83.7 Å². The number of aliphatic carboxylic acids is 1. The molecule has 6 rings (SSSR count). The van der Waals surface area contributed by atoms with E-state index < -0.39 is 23.6 Å². The summed E-state index contributed by atoms with van der Waals surface area (Å²) >= 11 is 6.68. The Bertz CT molecular complexity index is 1670. The Hall–Kier alpha value is -3.77. The number of hydrogen-bond acceptors (Lipinski definition) is 7. The van der Waals surface area contributed by atoms with Gasteiger partial charge in [-0.15, -0.1) is 4.68 Å². The lowest BCUT2D eigenvalue weighted by molar-refractivity contribution is -0.138. The number of aliphatic imine (C=N–C) groups is 1. The molecule has 2 saturated carbocycles. The summed E-state index contributed by atoms with van der Waals surface area (Å²) in [6.07, 6.45) is 6.17. The van der Waals surface area contributed by atoms with E-state index in [0.29, 0.717) is 11.7 Å². The predicted octanol–water partition coefficient (Wildman–Crippen LogP) is 8.38. The number of benzene rings is 2. The second kappa shape index (κ2) is 16.1. The minimum absolute atomic E-state index is 0.204. The molecular formula is C36H43Br2N5O5. The second-order valence-electron chi connectivity index (χ2n) is 13.2. The van der Waals surface area contributed by atoms with E-state index >= 15 is 0 Å². The van der Waals surface area contributed by atoms with Crippen molar-refractivity contribution in [2.75, 3.05) is 11.9 Å². The van der Waals surface area contributed by atoms with Crippen molar-refractivity contribution in [2.24, 2.45) is 16.6 Å². The molecule has 3 aliphatic rings. The molecule has 0 spiro atoms. The predicted molar refractivity (Wildman–Crippen MR) is 195 cm³/mol. The van der Waals surface area contributed by atoms with Crippen LogP contribution in [0.1, 0.15) is 94.9 Å². The first-order chi connectivity index (χ1) is 22.6. The number of carboxylic acid groups (broad SMARTS) is 1. The van der Waals surface area contributed by atoms with Gasteiger partial charge in [-0.25, -0.2) is 4.79 Å². The van der Waals surface area contributed by atoms with Crippen molar-refractivity contribution >= 4 is 61.4 Å². The third-order valence-electron chi connectivity index (χ3n) is 7.82. The van der Waals surface area contributed by atoms with Crippen LogP contribution in [-0.2, 0) is 14.3 Å². The number of ether oxygens (including phenoxy) is 1. The first-order valence-corrected chi connectivity index (χ1v) is 17.6. The van der Waals surface area contributed by atoms with Gasteiger partial charge in [-0.1, -0.05) is 56.1 Å². The Morgan fingerprint density at radius 3 is 1.88 bits per heavy atom. The number of carbonyl (C=O) groups excluding carboxylic acids is 2. The topological polar surface area (TPSA) is 149 Å².